The zero-order valence-electron chi connectivity index (χ0n) is 30.1. The zero-order valence-corrected chi connectivity index (χ0v) is 30.9. The topological polar surface area (TPSA) is 29.3 Å². The van der Waals surface area contributed by atoms with Crippen molar-refractivity contribution in [3.05, 3.63) is 181 Å². The molecule has 1 atom stereocenters. The Balaban J connectivity index is 1.04. The van der Waals surface area contributed by atoms with Gasteiger partial charge in [0, 0.05) is 48.0 Å². The number of aromatic nitrogens is 1. The number of thiophene rings is 1. The van der Waals surface area contributed by atoms with Gasteiger partial charge in [0.15, 0.2) is 5.58 Å². The molecule has 11 rings (SSSR count). The van der Waals surface area contributed by atoms with Crippen LogP contribution in [0, 0.1) is 0 Å². The third kappa shape index (κ3) is 4.76. The Morgan fingerprint density at radius 1 is 0.611 bits per heavy atom. The first kappa shape index (κ1) is 31.3. The second kappa shape index (κ2) is 11.9. The lowest BCUT2D eigenvalue weighted by Crippen LogP contribution is -2.15. The van der Waals surface area contributed by atoms with E-state index in [1.807, 2.05) is 11.3 Å². The average Bonchev–Trinajstić information content (AvgIpc) is 3.89. The highest BCUT2D eigenvalue weighted by atomic mass is 32.1. The van der Waals surface area contributed by atoms with Crippen molar-refractivity contribution in [3.8, 4) is 22.3 Å². The van der Waals surface area contributed by atoms with Crippen LogP contribution in [0.2, 0.25) is 0 Å². The molecule has 3 nitrogen and oxygen atoms in total. The predicted octanol–water partition coefficient (Wildman–Crippen LogP) is 14.4. The molecule has 2 aliphatic carbocycles. The van der Waals surface area contributed by atoms with Crippen molar-refractivity contribution in [2.45, 2.75) is 31.6 Å². The van der Waals surface area contributed by atoms with Gasteiger partial charge in [0.2, 0.25) is 5.89 Å². The molecule has 0 spiro atoms. The molecule has 9 aromatic rings. The van der Waals surface area contributed by atoms with Crippen LogP contribution in [0.25, 0.3) is 64.3 Å². The Bertz CT molecular complexity index is 3010. The highest BCUT2D eigenvalue weighted by molar-refractivity contribution is 7.25. The van der Waals surface area contributed by atoms with Gasteiger partial charge in [-0.3, -0.25) is 0 Å². The number of anilines is 3. The molecule has 0 amide bonds. The van der Waals surface area contributed by atoms with Gasteiger partial charge in [-0.05, 0) is 99.8 Å². The fraction of sp³-hybridized carbons (Fsp3) is 0.100. The van der Waals surface area contributed by atoms with E-state index in [1.54, 1.807) is 0 Å². The molecule has 2 aromatic heterocycles. The number of allylic oxidation sites excluding steroid dienone is 4. The van der Waals surface area contributed by atoms with Gasteiger partial charge in [-0.1, -0.05) is 123 Å². The lowest BCUT2D eigenvalue weighted by Gasteiger charge is -2.27. The molecule has 0 fully saturated rings. The highest BCUT2D eigenvalue weighted by Gasteiger charge is 2.35. The number of hydrogen-bond acceptors (Lipinski definition) is 4. The van der Waals surface area contributed by atoms with Gasteiger partial charge in [0.25, 0.3) is 0 Å². The van der Waals surface area contributed by atoms with Crippen LogP contribution in [0.5, 0.6) is 0 Å². The van der Waals surface area contributed by atoms with Crippen LogP contribution in [0.3, 0.4) is 0 Å². The first-order valence-corrected chi connectivity index (χ1v) is 19.5. The summed E-state index contributed by atoms with van der Waals surface area (Å²) in [5.74, 6) is 0.947. The maximum absolute atomic E-state index is 6.48. The lowest BCUT2D eigenvalue weighted by molar-refractivity contribution is 0.507. The molecule has 2 heterocycles. The van der Waals surface area contributed by atoms with Crippen LogP contribution in [0.15, 0.2) is 168 Å². The summed E-state index contributed by atoms with van der Waals surface area (Å²) in [6.45, 7) is 4.68. The van der Waals surface area contributed by atoms with Crippen molar-refractivity contribution in [3.63, 3.8) is 0 Å². The third-order valence-electron chi connectivity index (χ3n) is 11.6. The van der Waals surface area contributed by atoms with Crippen LogP contribution in [-0.2, 0) is 5.41 Å². The predicted molar refractivity (Wildman–Crippen MR) is 228 cm³/mol. The largest absolute Gasteiger partial charge is 0.439 e. The fourth-order valence-corrected chi connectivity index (χ4v) is 9.96. The third-order valence-corrected chi connectivity index (χ3v) is 12.8. The van der Waals surface area contributed by atoms with Crippen LogP contribution < -0.4 is 4.90 Å². The molecular weight excluding hydrogens is 677 g/mol. The maximum atomic E-state index is 6.48. The minimum atomic E-state index is -0.0486. The number of fused-ring (bicyclic) bond motifs is 9. The summed E-state index contributed by atoms with van der Waals surface area (Å²) in [5, 5.41) is 4.83. The summed E-state index contributed by atoms with van der Waals surface area (Å²) < 4.78 is 9.09. The van der Waals surface area contributed by atoms with Gasteiger partial charge in [-0.25, -0.2) is 4.98 Å². The molecule has 7 aromatic carbocycles. The van der Waals surface area contributed by atoms with Crippen LogP contribution in [-0.4, -0.2) is 4.98 Å². The van der Waals surface area contributed by atoms with E-state index in [0.717, 1.165) is 56.8 Å². The smallest absolute Gasteiger partial charge is 0.202 e. The molecule has 0 aliphatic heterocycles. The molecule has 4 heteroatoms. The van der Waals surface area contributed by atoms with Crippen LogP contribution in [0.1, 0.15) is 43.2 Å². The summed E-state index contributed by atoms with van der Waals surface area (Å²) in [5.41, 5.74) is 12.8. The summed E-state index contributed by atoms with van der Waals surface area (Å²) in [6, 6.07) is 51.4. The van der Waals surface area contributed by atoms with Gasteiger partial charge in [-0.2, -0.15) is 0 Å². The SMILES string of the molecule is CC1(C)c2ccccc2-c2cc(N(c3ccc(-c4cccc5c4ccc4nc(C6C=CC=CC6)oc45)cc3)c3ccc4sc5ccccc5c4c3)ccc21. The first-order chi connectivity index (χ1) is 26.5. The summed E-state index contributed by atoms with van der Waals surface area (Å²) in [4.78, 5) is 7.31. The second-order valence-electron chi connectivity index (χ2n) is 15.1. The van der Waals surface area contributed by atoms with Crippen molar-refractivity contribution >= 4 is 70.4 Å². The Hall–Kier alpha value is -6.23. The fourth-order valence-electron chi connectivity index (χ4n) is 8.87. The minimum Gasteiger partial charge on any atom is -0.439 e. The van der Waals surface area contributed by atoms with Gasteiger partial charge in [0.05, 0.1) is 5.92 Å². The van der Waals surface area contributed by atoms with Crippen LogP contribution >= 0.6 is 11.3 Å². The molecule has 258 valence electrons. The minimum absolute atomic E-state index is 0.0486. The number of rotatable bonds is 5. The summed E-state index contributed by atoms with van der Waals surface area (Å²) >= 11 is 1.86. The molecule has 1 unspecified atom stereocenters. The van der Waals surface area contributed by atoms with Crippen LogP contribution in [0.4, 0.5) is 17.1 Å². The van der Waals surface area contributed by atoms with Crippen molar-refractivity contribution in [2.24, 2.45) is 0 Å². The molecule has 0 radical (unpaired) electrons. The number of benzene rings is 7. The van der Waals surface area contributed by atoms with Gasteiger partial charge >= 0.3 is 0 Å². The Labute approximate surface area is 318 Å². The molecule has 54 heavy (non-hydrogen) atoms. The van der Waals surface area contributed by atoms with E-state index in [0.29, 0.717) is 0 Å². The van der Waals surface area contributed by atoms with E-state index in [9.17, 15) is 0 Å². The molecule has 2 aliphatic rings. The van der Waals surface area contributed by atoms with E-state index in [4.69, 9.17) is 9.40 Å². The summed E-state index contributed by atoms with van der Waals surface area (Å²) in [6.07, 6.45) is 9.42. The van der Waals surface area contributed by atoms with Gasteiger partial charge < -0.3 is 9.32 Å². The molecule has 0 bridgehead atoms. The van der Waals surface area contributed by atoms with Crippen molar-refractivity contribution < 1.29 is 4.42 Å². The maximum Gasteiger partial charge on any atom is 0.202 e. The molecule has 0 saturated carbocycles. The van der Waals surface area contributed by atoms with Gasteiger partial charge in [0.1, 0.15) is 5.52 Å². The second-order valence-corrected chi connectivity index (χ2v) is 16.2. The Morgan fingerprint density at radius 3 is 2.24 bits per heavy atom. The van der Waals surface area contributed by atoms with E-state index in [2.05, 4.69) is 183 Å². The van der Waals surface area contributed by atoms with Crippen molar-refractivity contribution in [2.75, 3.05) is 4.90 Å². The molecule has 0 N–H and O–H groups in total. The monoisotopic (exact) mass is 712 g/mol. The lowest BCUT2D eigenvalue weighted by atomic mass is 9.82. The molecule has 0 saturated heterocycles. The van der Waals surface area contributed by atoms with E-state index in [1.165, 1.54) is 48.0 Å². The van der Waals surface area contributed by atoms with E-state index >= 15 is 0 Å². The Kier molecular flexibility index (Phi) is 6.90. The number of oxazole rings is 1. The quantitative estimate of drug-likeness (QED) is 0.178. The number of hydrogen-bond donors (Lipinski definition) is 0. The zero-order chi connectivity index (χ0) is 36.0. The molecular formula is C50H36N2OS. The number of nitrogens with zero attached hydrogens (tertiary/aromatic N) is 2. The highest BCUT2D eigenvalue weighted by Crippen LogP contribution is 2.51. The average molecular weight is 713 g/mol. The van der Waals surface area contributed by atoms with Crippen molar-refractivity contribution in [1.29, 1.82) is 0 Å². The first-order valence-electron chi connectivity index (χ1n) is 18.7. The Morgan fingerprint density at radius 2 is 1.35 bits per heavy atom. The van der Waals surface area contributed by atoms with E-state index in [-0.39, 0.29) is 11.3 Å². The van der Waals surface area contributed by atoms with Crippen molar-refractivity contribution in [1.82, 2.24) is 4.98 Å². The summed E-state index contributed by atoms with van der Waals surface area (Å²) in [7, 11) is 0. The standard InChI is InChI=1S/C50H36N2OS/c1-50(2)43-17-8-6-13-38(43)41-29-34(23-26-44(41)50)52(35-24-28-47-42(30-35)39-14-7-9-18-46(39)54-47)33-21-19-31(20-22-33)36-15-10-16-40-37(36)25-27-45-48(40)53-49(51-45)32-11-4-3-5-12-32/h3-11,13-30,32H,12H2,1-2H3. The van der Waals surface area contributed by atoms with Gasteiger partial charge in [-0.15, -0.1) is 11.3 Å². The normalized spacial score (nSPS) is 15.7. The van der Waals surface area contributed by atoms with E-state index < -0.39 is 0 Å².